The summed E-state index contributed by atoms with van der Waals surface area (Å²) in [5.74, 6) is -2.71. The first kappa shape index (κ1) is 16.2. The zero-order chi connectivity index (χ0) is 17.3. The van der Waals surface area contributed by atoms with Gasteiger partial charge in [0, 0.05) is 25.3 Å². The van der Waals surface area contributed by atoms with Crippen LogP contribution < -0.4 is 10.2 Å². The summed E-state index contributed by atoms with van der Waals surface area (Å²) in [6.07, 6.45) is 0. The van der Waals surface area contributed by atoms with E-state index in [4.69, 9.17) is 4.74 Å². The van der Waals surface area contributed by atoms with E-state index < -0.39 is 23.7 Å². The lowest BCUT2D eigenvalue weighted by Gasteiger charge is -2.33. The summed E-state index contributed by atoms with van der Waals surface area (Å²) < 4.78 is 19.2. The molecule has 2 saturated heterocycles. The van der Waals surface area contributed by atoms with Crippen molar-refractivity contribution in [1.29, 1.82) is 0 Å². The van der Waals surface area contributed by atoms with Gasteiger partial charge in [-0.3, -0.25) is 9.69 Å². The van der Waals surface area contributed by atoms with E-state index in [1.54, 1.807) is 0 Å². The highest BCUT2D eigenvalue weighted by atomic mass is 19.1. The molecule has 0 aromatic heterocycles. The van der Waals surface area contributed by atoms with E-state index in [0.29, 0.717) is 18.8 Å². The van der Waals surface area contributed by atoms with Crippen LogP contribution in [0.5, 0.6) is 0 Å². The molecule has 1 aromatic rings. The second-order valence-electron chi connectivity index (χ2n) is 5.48. The van der Waals surface area contributed by atoms with Crippen molar-refractivity contribution in [3.63, 3.8) is 0 Å². The maximum absolute atomic E-state index is 14.1. The SMILES string of the molecule is O=C(O)C1COCCN1C(=O)c1cc(N2CCNC2=O)ccc1F. The highest BCUT2D eigenvalue weighted by Crippen LogP contribution is 2.23. The summed E-state index contributed by atoms with van der Waals surface area (Å²) >= 11 is 0. The minimum atomic E-state index is -1.21. The number of halogens is 1. The maximum Gasteiger partial charge on any atom is 0.328 e. The third-order valence-corrected chi connectivity index (χ3v) is 4.02. The number of urea groups is 1. The number of nitrogens with zero attached hydrogens (tertiary/aromatic N) is 2. The molecule has 0 radical (unpaired) electrons. The highest BCUT2D eigenvalue weighted by molar-refractivity contribution is 6.00. The summed E-state index contributed by atoms with van der Waals surface area (Å²) in [7, 11) is 0. The number of amides is 3. The molecule has 128 valence electrons. The molecule has 2 aliphatic heterocycles. The van der Waals surface area contributed by atoms with Gasteiger partial charge in [0.25, 0.3) is 5.91 Å². The second kappa shape index (κ2) is 6.44. The normalized spacial score (nSPS) is 20.9. The van der Waals surface area contributed by atoms with Crippen LogP contribution in [0, 0.1) is 5.82 Å². The third kappa shape index (κ3) is 2.90. The molecule has 3 rings (SSSR count). The molecule has 0 saturated carbocycles. The monoisotopic (exact) mass is 337 g/mol. The topological polar surface area (TPSA) is 99.2 Å². The molecule has 2 N–H and O–H groups in total. The van der Waals surface area contributed by atoms with Crippen molar-refractivity contribution in [3.8, 4) is 0 Å². The first-order valence-corrected chi connectivity index (χ1v) is 7.45. The van der Waals surface area contributed by atoms with Gasteiger partial charge in [-0.15, -0.1) is 0 Å². The number of nitrogens with one attached hydrogen (secondary N) is 1. The van der Waals surface area contributed by atoms with Crippen LogP contribution in [0.1, 0.15) is 10.4 Å². The lowest BCUT2D eigenvalue weighted by atomic mass is 10.1. The van der Waals surface area contributed by atoms with Gasteiger partial charge in [0.2, 0.25) is 0 Å². The number of carbonyl (C=O) groups is 3. The third-order valence-electron chi connectivity index (χ3n) is 4.02. The quantitative estimate of drug-likeness (QED) is 0.825. The summed E-state index contributed by atoms with van der Waals surface area (Å²) in [6.45, 7) is 0.976. The Morgan fingerprint density at radius 2 is 2.12 bits per heavy atom. The Hall–Kier alpha value is -2.68. The van der Waals surface area contributed by atoms with Gasteiger partial charge in [0.15, 0.2) is 6.04 Å². The van der Waals surface area contributed by atoms with Gasteiger partial charge in [-0.2, -0.15) is 0 Å². The molecule has 2 fully saturated rings. The van der Waals surface area contributed by atoms with Gasteiger partial charge < -0.3 is 20.1 Å². The van der Waals surface area contributed by atoms with Gasteiger partial charge in [-0.1, -0.05) is 0 Å². The number of benzene rings is 1. The van der Waals surface area contributed by atoms with Crippen LogP contribution >= 0.6 is 0 Å². The zero-order valence-electron chi connectivity index (χ0n) is 12.7. The largest absolute Gasteiger partial charge is 0.480 e. The molecule has 8 nitrogen and oxygen atoms in total. The van der Waals surface area contributed by atoms with Crippen molar-refractivity contribution < 1.29 is 28.6 Å². The van der Waals surface area contributed by atoms with Gasteiger partial charge in [0.1, 0.15) is 5.82 Å². The molecule has 1 aromatic carbocycles. The van der Waals surface area contributed by atoms with E-state index in [1.807, 2.05) is 0 Å². The summed E-state index contributed by atoms with van der Waals surface area (Å²) in [6, 6.07) is 2.30. The smallest absolute Gasteiger partial charge is 0.328 e. The van der Waals surface area contributed by atoms with Gasteiger partial charge >= 0.3 is 12.0 Å². The Balaban J connectivity index is 1.91. The van der Waals surface area contributed by atoms with Crippen LogP contribution in [0.15, 0.2) is 18.2 Å². The van der Waals surface area contributed by atoms with E-state index in [1.165, 1.54) is 17.0 Å². The minimum absolute atomic E-state index is 0.0592. The minimum Gasteiger partial charge on any atom is -0.480 e. The molecule has 24 heavy (non-hydrogen) atoms. The number of aliphatic carboxylic acids is 1. The molecule has 2 heterocycles. The Labute approximate surface area is 136 Å². The number of ether oxygens (including phenoxy) is 1. The van der Waals surface area contributed by atoms with Crippen molar-refractivity contribution in [2.24, 2.45) is 0 Å². The lowest BCUT2D eigenvalue weighted by Crippen LogP contribution is -2.52. The molecule has 0 spiro atoms. The van der Waals surface area contributed by atoms with Crippen molar-refractivity contribution in [2.75, 3.05) is 37.7 Å². The number of anilines is 1. The summed E-state index contributed by atoms with van der Waals surface area (Å²) in [5.41, 5.74) is 0.121. The number of hydrogen-bond donors (Lipinski definition) is 2. The van der Waals surface area contributed by atoms with Gasteiger partial charge in [-0.05, 0) is 18.2 Å². The average molecular weight is 337 g/mol. The van der Waals surface area contributed by atoms with Crippen LogP contribution in [-0.2, 0) is 9.53 Å². The molecule has 0 bridgehead atoms. The second-order valence-corrected chi connectivity index (χ2v) is 5.48. The van der Waals surface area contributed by atoms with Crippen LogP contribution in [0.3, 0.4) is 0 Å². The average Bonchev–Trinajstić information content (AvgIpc) is 3.00. The van der Waals surface area contributed by atoms with Gasteiger partial charge in [-0.25, -0.2) is 14.0 Å². The summed E-state index contributed by atoms with van der Waals surface area (Å²) in [5, 5.41) is 11.8. The Kier molecular flexibility index (Phi) is 4.34. The number of carboxylic acid groups (broad SMARTS) is 1. The van der Waals surface area contributed by atoms with Crippen LogP contribution in [0.2, 0.25) is 0 Å². The zero-order valence-corrected chi connectivity index (χ0v) is 12.7. The Morgan fingerprint density at radius 1 is 1.33 bits per heavy atom. The standard InChI is InChI=1S/C15H16FN3O5/c16-11-2-1-9(18-4-3-17-15(18)23)7-10(11)13(20)19-5-6-24-8-12(19)14(21)22/h1-2,7,12H,3-6,8H2,(H,17,23)(H,21,22). The van der Waals surface area contributed by atoms with Crippen molar-refractivity contribution in [1.82, 2.24) is 10.2 Å². The number of morpholine rings is 1. The predicted molar refractivity (Wildman–Crippen MR) is 80.4 cm³/mol. The molecule has 0 aliphatic carbocycles. The maximum atomic E-state index is 14.1. The van der Waals surface area contributed by atoms with Gasteiger partial charge in [0.05, 0.1) is 18.8 Å². The molecular weight excluding hydrogens is 321 g/mol. The Morgan fingerprint density at radius 3 is 2.79 bits per heavy atom. The molecule has 1 atom stereocenters. The van der Waals surface area contributed by atoms with E-state index in [0.717, 1.165) is 11.0 Å². The van der Waals surface area contributed by atoms with Crippen LogP contribution in [0.25, 0.3) is 0 Å². The van der Waals surface area contributed by atoms with E-state index >= 15 is 0 Å². The summed E-state index contributed by atoms with van der Waals surface area (Å²) in [4.78, 5) is 38.1. The molecule has 9 heteroatoms. The molecule has 2 aliphatic rings. The fraction of sp³-hybridized carbons (Fsp3) is 0.400. The predicted octanol–water partition coefficient (Wildman–Crippen LogP) is 0.281. The van der Waals surface area contributed by atoms with Crippen LogP contribution in [0.4, 0.5) is 14.9 Å². The van der Waals surface area contributed by atoms with Crippen molar-refractivity contribution in [3.05, 3.63) is 29.6 Å². The number of rotatable bonds is 3. The molecule has 3 amide bonds. The lowest BCUT2D eigenvalue weighted by molar-refractivity contribution is -0.147. The number of carboxylic acids is 1. The first-order chi connectivity index (χ1) is 11.5. The fourth-order valence-corrected chi connectivity index (χ4v) is 2.77. The number of carbonyl (C=O) groups excluding carboxylic acids is 2. The van der Waals surface area contributed by atoms with E-state index in [9.17, 15) is 23.9 Å². The molecule has 1 unspecified atom stereocenters. The highest BCUT2D eigenvalue weighted by Gasteiger charge is 2.34. The van der Waals surface area contributed by atoms with Crippen molar-refractivity contribution >= 4 is 23.6 Å². The number of hydrogen-bond acceptors (Lipinski definition) is 4. The first-order valence-electron chi connectivity index (χ1n) is 7.45. The fourth-order valence-electron chi connectivity index (χ4n) is 2.77. The van der Waals surface area contributed by atoms with Crippen LogP contribution in [-0.4, -0.2) is 66.8 Å². The Bertz CT molecular complexity index is 696. The molecular formula is C15H16FN3O5. The van der Waals surface area contributed by atoms with Crippen molar-refractivity contribution in [2.45, 2.75) is 6.04 Å². The van der Waals surface area contributed by atoms with E-state index in [-0.39, 0.29) is 31.4 Å². The van der Waals surface area contributed by atoms with E-state index in [2.05, 4.69) is 5.32 Å².